The molecular formula is C17H25F2N3O4S. The molecule has 10 heteroatoms. The van der Waals surface area contributed by atoms with E-state index in [1.807, 2.05) is 4.90 Å². The second-order valence-corrected chi connectivity index (χ2v) is 8.63. The van der Waals surface area contributed by atoms with Crippen molar-refractivity contribution in [2.24, 2.45) is 0 Å². The van der Waals surface area contributed by atoms with E-state index in [0.29, 0.717) is 25.9 Å². The fourth-order valence-corrected chi connectivity index (χ4v) is 3.83. The van der Waals surface area contributed by atoms with Crippen LogP contribution in [0.2, 0.25) is 0 Å². The van der Waals surface area contributed by atoms with Crippen molar-refractivity contribution in [2.75, 3.05) is 31.7 Å². The van der Waals surface area contributed by atoms with Crippen molar-refractivity contribution in [1.82, 2.24) is 9.21 Å². The molecule has 1 fully saturated rings. The van der Waals surface area contributed by atoms with Crippen LogP contribution in [0, 0.1) is 0 Å². The number of piperidine rings is 1. The Balaban J connectivity index is 1.95. The van der Waals surface area contributed by atoms with Crippen molar-refractivity contribution < 1.29 is 26.7 Å². The molecule has 1 aromatic rings. The van der Waals surface area contributed by atoms with Gasteiger partial charge < -0.3 is 10.1 Å². The second-order valence-electron chi connectivity index (χ2n) is 6.59. The third-order valence-electron chi connectivity index (χ3n) is 4.82. The number of hydrogen-bond donors (Lipinski definition) is 1. The first-order valence-electron chi connectivity index (χ1n) is 8.61. The molecule has 1 heterocycles. The molecule has 0 aliphatic carbocycles. The third kappa shape index (κ3) is 5.85. The number of anilines is 1. The van der Waals surface area contributed by atoms with E-state index < -0.39 is 22.7 Å². The minimum Gasteiger partial charge on any atom is -0.433 e. The van der Waals surface area contributed by atoms with Crippen LogP contribution < -0.4 is 10.1 Å². The number of sulfonamides is 1. The zero-order valence-corrected chi connectivity index (χ0v) is 16.4. The zero-order valence-electron chi connectivity index (χ0n) is 15.6. The molecule has 1 atom stereocenters. The molecule has 1 aromatic carbocycles. The summed E-state index contributed by atoms with van der Waals surface area (Å²) < 4.78 is 54.1. The number of nitrogens with zero attached hydrogens (tertiary/aromatic N) is 2. The van der Waals surface area contributed by atoms with Crippen LogP contribution in [-0.2, 0) is 14.8 Å². The van der Waals surface area contributed by atoms with Gasteiger partial charge in [0.1, 0.15) is 5.75 Å². The molecule has 2 rings (SSSR count). The largest absolute Gasteiger partial charge is 0.433 e. The number of halogens is 2. The molecule has 1 aliphatic heterocycles. The monoisotopic (exact) mass is 405 g/mol. The highest BCUT2D eigenvalue weighted by Gasteiger charge is 2.31. The van der Waals surface area contributed by atoms with E-state index in [0.717, 1.165) is 0 Å². The lowest BCUT2D eigenvalue weighted by Crippen LogP contribution is -2.50. The van der Waals surface area contributed by atoms with Crippen molar-refractivity contribution >= 4 is 21.6 Å². The molecule has 1 saturated heterocycles. The average Bonchev–Trinajstić information content (AvgIpc) is 2.61. The standard InChI is InChI=1S/C17H25F2N3O4S/c1-12(22-10-8-13(9-11-22)21(2)27(3,24)25)16(23)20-14-6-4-5-7-15(14)26-17(18)19/h4-7,12-13,17H,8-11H2,1-3H3,(H,20,23). The van der Waals surface area contributed by atoms with Gasteiger partial charge in [0.05, 0.1) is 18.0 Å². The van der Waals surface area contributed by atoms with Gasteiger partial charge in [-0.2, -0.15) is 8.78 Å². The van der Waals surface area contributed by atoms with Gasteiger partial charge in [0.2, 0.25) is 15.9 Å². The molecule has 27 heavy (non-hydrogen) atoms. The molecule has 152 valence electrons. The molecule has 7 nitrogen and oxygen atoms in total. The quantitative estimate of drug-likeness (QED) is 0.750. The second kappa shape index (κ2) is 8.94. The lowest BCUT2D eigenvalue weighted by atomic mass is 10.0. The van der Waals surface area contributed by atoms with Gasteiger partial charge in [-0.3, -0.25) is 9.69 Å². The number of rotatable bonds is 7. The van der Waals surface area contributed by atoms with Crippen molar-refractivity contribution in [1.29, 1.82) is 0 Å². The van der Waals surface area contributed by atoms with Crippen LogP contribution >= 0.6 is 0 Å². The van der Waals surface area contributed by atoms with Gasteiger partial charge in [0.25, 0.3) is 0 Å². The molecule has 0 bridgehead atoms. The fourth-order valence-electron chi connectivity index (χ4n) is 3.08. The van der Waals surface area contributed by atoms with E-state index in [2.05, 4.69) is 10.1 Å². The minimum atomic E-state index is -3.25. The van der Waals surface area contributed by atoms with Crippen LogP contribution in [0.5, 0.6) is 5.75 Å². The summed E-state index contributed by atoms with van der Waals surface area (Å²) in [6.45, 7) is -0.124. The van der Waals surface area contributed by atoms with Crippen LogP contribution in [0.3, 0.4) is 0 Å². The topological polar surface area (TPSA) is 79.0 Å². The Kier molecular flexibility index (Phi) is 7.12. The average molecular weight is 405 g/mol. The van der Waals surface area contributed by atoms with Gasteiger partial charge in [-0.1, -0.05) is 12.1 Å². The SMILES string of the molecule is CC(C(=O)Nc1ccccc1OC(F)F)N1CCC(N(C)S(C)(=O)=O)CC1. The number of carbonyl (C=O) groups excluding carboxylic acids is 1. The number of carbonyl (C=O) groups is 1. The minimum absolute atomic E-state index is 0.0910. The van der Waals surface area contributed by atoms with Gasteiger partial charge in [0.15, 0.2) is 0 Å². The Morgan fingerprint density at radius 2 is 1.89 bits per heavy atom. The lowest BCUT2D eigenvalue weighted by molar-refractivity contribution is -0.121. The summed E-state index contributed by atoms with van der Waals surface area (Å²) in [5.74, 6) is -0.434. The number of hydrogen-bond acceptors (Lipinski definition) is 5. The van der Waals surface area contributed by atoms with Crippen molar-refractivity contribution in [3.05, 3.63) is 24.3 Å². The molecule has 1 unspecified atom stereocenters. The van der Waals surface area contributed by atoms with E-state index in [1.54, 1.807) is 26.1 Å². The number of para-hydroxylation sites is 2. The summed E-state index contributed by atoms with van der Waals surface area (Å²) in [5, 5.41) is 2.63. The van der Waals surface area contributed by atoms with Crippen molar-refractivity contribution in [2.45, 2.75) is 38.5 Å². The molecule has 0 saturated carbocycles. The zero-order chi connectivity index (χ0) is 20.2. The summed E-state index contributed by atoms with van der Waals surface area (Å²) in [6, 6.07) is 5.43. The number of nitrogens with one attached hydrogen (secondary N) is 1. The van der Waals surface area contributed by atoms with E-state index in [4.69, 9.17) is 0 Å². The van der Waals surface area contributed by atoms with E-state index in [-0.39, 0.29) is 23.4 Å². The Labute approximate surface area is 158 Å². The van der Waals surface area contributed by atoms with Crippen molar-refractivity contribution in [3.8, 4) is 5.75 Å². The number of amides is 1. The molecule has 0 aromatic heterocycles. The number of benzene rings is 1. The highest BCUT2D eigenvalue weighted by Crippen LogP contribution is 2.26. The maximum atomic E-state index is 12.5. The summed E-state index contributed by atoms with van der Waals surface area (Å²) in [7, 11) is -1.69. The summed E-state index contributed by atoms with van der Waals surface area (Å²) in [5.41, 5.74) is 0.182. The summed E-state index contributed by atoms with van der Waals surface area (Å²) >= 11 is 0. The van der Waals surface area contributed by atoms with Crippen LogP contribution in [-0.4, -0.2) is 68.6 Å². The van der Waals surface area contributed by atoms with Gasteiger partial charge in [0, 0.05) is 26.2 Å². The molecule has 1 amide bonds. The van der Waals surface area contributed by atoms with Crippen LogP contribution in [0.4, 0.5) is 14.5 Å². The normalized spacial score (nSPS) is 17.9. The summed E-state index contributed by atoms with van der Waals surface area (Å²) in [6.07, 6.45) is 2.41. The van der Waals surface area contributed by atoms with Gasteiger partial charge >= 0.3 is 6.61 Å². The van der Waals surface area contributed by atoms with E-state index in [1.165, 1.54) is 22.7 Å². The first kappa shape index (κ1) is 21.5. The molecule has 1 N–H and O–H groups in total. The number of likely N-dealkylation sites (tertiary alicyclic amines) is 1. The Morgan fingerprint density at radius 1 is 1.30 bits per heavy atom. The van der Waals surface area contributed by atoms with Gasteiger partial charge in [-0.05, 0) is 31.9 Å². The van der Waals surface area contributed by atoms with Gasteiger partial charge in [-0.25, -0.2) is 12.7 Å². The molecule has 0 radical (unpaired) electrons. The predicted octanol–water partition coefficient (Wildman–Crippen LogP) is 1.97. The Hall–Kier alpha value is -1.78. The number of alkyl halides is 2. The maximum absolute atomic E-state index is 12.5. The Morgan fingerprint density at radius 3 is 2.44 bits per heavy atom. The fraction of sp³-hybridized carbons (Fsp3) is 0.588. The summed E-state index contributed by atoms with van der Waals surface area (Å²) in [4.78, 5) is 14.5. The first-order valence-corrected chi connectivity index (χ1v) is 10.5. The lowest BCUT2D eigenvalue weighted by Gasteiger charge is -2.38. The molecule has 0 spiro atoms. The smallest absolute Gasteiger partial charge is 0.387 e. The van der Waals surface area contributed by atoms with Crippen LogP contribution in [0.1, 0.15) is 19.8 Å². The molecule has 1 aliphatic rings. The first-order chi connectivity index (χ1) is 12.6. The Bertz CT molecular complexity index is 752. The molecular weight excluding hydrogens is 380 g/mol. The third-order valence-corrected chi connectivity index (χ3v) is 6.17. The van der Waals surface area contributed by atoms with E-state index in [9.17, 15) is 22.0 Å². The van der Waals surface area contributed by atoms with Gasteiger partial charge in [-0.15, -0.1) is 0 Å². The highest BCUT2D eigenvalue weighted by molar-refractivity contribution is 7.88. The highest BCUT2D eigenvalue weighted by atomic mass is 32.2. The van der Waals surface area contributed by atoms with Crippen LogP contribution in [0.25, 0.3) is 0 Å². The van der Waals surface area contributed by atoms with E-state index >= 15 is 0 Å². The number of ether oxygens (including phenoxy) is 1. The van der Waals surface area contributed by atoms with Crippen molar-refractivity contribution in [3.63, 3.8) is 0 Å². The maximum Gasteiger partial charge on any atom is 0.387 e. The predicted molar refractivity (Wildman–Crippen MR) is 98.4 cm³/mol. The van der Waals surface area contributed by atoms with Crippen LogP contribution in [0.15, 0.2) is 24.3 Å².